The maximum absolute atomic E-state index is 11.7. The van der Waals surface area contributed by atoms with Gasteiger partial charge in [-0.1, -0.05) is 0 Å². The smallest absolute Gasteiger partial charge is 0.238 e. The maximum atomic E-state index is 11.7. The minimum absolute atomic E-state index is 0.0462. The van der Waals surface area contributed by atoms with Crippen LogP contribution in [-0.4, -0.2) is 44.1 Å². The zero-order valence-electron chi connectivity index (χ0n) is 11.0. The number of nitrogens with two attached hydrogens (primary N) is 1. The van der Waals surface area contributed by atoms with Crippen LogP contribution >= 0.6 is 0 Å². The molecule has 0 bridgehead atoms. The lowest BCUT2D eigenvalue weighted by molar-refractivity contribution is -0.117. The fourth-order valence-corrected chi connectivity index (χ4v) is 1.55. The van der Waals surface area contributed by atoms with Gasteiger partial charge in [0, 0.05) is 18.8 Å². The molecule has 1 rings (SSSR count). The molecule has 0 saturated heterocycles. The van der Waals surface area contributed by atoms with E-state index < -0.39 is 0 Å². The van der Waals surface area contributed by atoms with Crippen LogP contribution in [0.2, 0.25) is 0 Å². The number of rotatable bonds is 7. The fraction of sp³-hybridized carbons (Fsp3) is 0.462. The normalized spacial score (nSPS) is 10.4. The number of hydrogen-bond donors (Lipinski definition) is 2. The summed E-state index contributed by atoms with van der Waals surface area (Å²) in [4.78, 5) is 13.6. The number of amides is 1. The van der Waals surface area contributed by atoms with Gasteiger partial charge in [0.1, 0.15) is 5.75 Å². The Morgan fingerprint density at radius 2 is 2.06 bits per heavy atom. The summed E-state index contributed by atoms with van der Waals surface area (Å²) in [5, 5.41) is 2.82. The van der Waals surface area contributed by atoms with Gasteiger partial charge < -0.3 is 15.8 Å². The highest BCUT2D eigenvalue weighted by molar-refractivity contribution is 5.92. The number of benzene rings is 1. The molecule has 0 aromatic heterocycles. The third kappa shape index (κ3) is 5.16. The van der Waals surface area contributed by atoms with Crippen molar-refractivity contribution in [3.8, 4) is 5.75 Å². The molecule has 0 heterocycles. The van der Waals surface area contributed by atoms with E-state index in [2.05, 4.69) is 5.32 Å². The monoisotopic (exact) mass is 251 g/mol. The third-order valence-electron chi connectivity index (χ3n) is 2.37. The molecule has 3 N–H and O–H groups in total. The minimum atomic E-state index is -0.0462. The molecule has 0 atom stereocenters. The van der Waals surface area contributed by atoms with Crippen LogP contribution in [0.1, 0.15) is 6.92 Å². The van der Waals surface area contributed by atoms with Crippen LogP contribution in [0.5, 0.6) is 5.75 Å². The van der Waals surface area contributed by atoms with Gasteiger partial charge in [-0.15, -0.1) is 0 Å². The highest BCUT2D eigenvalue weighted by Crippen LogP contribution is 2.15. The second-order valence-corrected chi connectivity index (χ2v) is 4.03. The summed E-state index contributed by atoms with van der Waals surface area (Å²) < 4.78 is 5.33. The van der Waals surface area contributed by atoms with Gasteiger partial charge in [-0.05, 0) is 38.2 Å². The Balaban J connectivity index is 2.44. The van der Waals surface area contributed by atoms with Crippen LogP contribution in [0.15, 0.2) is 24.3 Å². The topological polar surface area (TPSA) is 67.6 Å². The van der Waals surface area contributed by atoms with Crippen molar-refractivity contribution in [1.82, 2.24) is 4.90 Å². The zero-order chi connectivity index (χ0) is 13.4. The first kappa shape index (κ1) is 14.5. The van der Waals surface area contributed by atoms with E-state index in [4.69, 9.17) is 10.5 Å². The number of hydrogen-bond acceptors (Lipinski definition) is 4. The summed E-state index contributed by atoms with van der Waals surface area (Å²) in [6, 6.07) is 7.32. The van der Waals surface area contributed by atoms with Crippen LogP contribution < -0.4 is 15.8 Å². The summed E-state index contributed by atoms with van der Waals surface area (Å²) in [7, 11) is 1.87. The standard InChI is InChI=1S/C13H21N3O2/c1-3-18-12-6-4-11(5-7-12)15-13(17)10-16(2)9-8-14/h4-7H,3,8-10,14H2,1-2H3,(H,15,17). The Labute approximate surface area is 108 Å². The van der Waals surface area contributed by atoms with E-state index in [1.165, 1.54) is 0 Å². The Hall–Kier alpha value is -1.59. The van der Waals surface area contributed by atoms with E-state index in [1.807, 2.05) is 43.1 Å². The van der Waals surface area contributed by atoms with Crippen LogP contribution in [0.3, 0.4) is 0 Å². The fourth-order valence-electron chi connectivity index (χ4n) is 1.55. The average molecular weight is 251 g/mol. The van der Waals surface area contributed by atoms with Crippen LogP contribution in [-0.2, 0) is 4.79 Å². The highest BCUT2D eigenvalue weighted by Gasteiger charge is 2.06. The van der Waals surface area contributed by atoms with Gasteiger partial charge in [0.05, 0.1) is 13.2 Å². The summed E-state index contributed by atoms with van der Waals surface area (Å²) in [5.41, 5.74) is 6.18. The largest absolute Gasteiger partial charge is 0.494 e. The van der Waals surface area contributed by atoms with Gasteiger partial charge in [-0.2, -0.15) is 0 Å². The molecule has 5 nitrogen and oxygen atoms in total. The Morgan fingerprint density at radius 1 is 1.39 bits per heavy atom. The Bertz CT molecular complexity index is 365. The van der Waals surface area contributed by atoms with Crippen molar-refractivity contribution >= 4 is 11.6 Å². The summed E-state index contributed by atoms with van der Waals surface area (Å²) in [5.74, 6) is 0.755. The van der Waals surface area contributed by atoms with E-state index in [-0.39, 0.29) is 5.91 Å². The molecule has 1 aromatic carbocycles. The Morgan fingerprint density at radius 3 is 2.61 bits per heavy atom. The summed E-state index contributed by atoms with van der Waals surface area (Å²) in [6.07, 6.45) is 0. The van der Waals surface area contributed by atoms with Crippen molar-refractivity contribution in [2.75, 3.05) is 38.6 Å². The predicted octanol–water partition coefficient (Wildman–Crippen LogP) is 0.914. The molecule has 0 aliphatic rings. The van der Waals surface area contributed by atoms with Crippen molar-refractivity contribution < 1.29 is 9.53 Å². The van der Waals surface area contributed by atoms with E-state index >= 15 is 0 Å². The lowest BCUT2D eigenvalue weighted by Gasteiger charge is -2.15. The molecular formula is C13H21N3O2. The second-order valence-electron chi connectivity index (χ2n) is 4.03. The summed E-state index contributed by atoms with van der Waals surface area (Å²) >= 11 is 0. The highest BCUT2D eigenvalue weighted by atomic mass is 16.5. The van der Waals surface area contributed by atoms with Crippen LogP contribution in [0.4, 0.5) is 5.69 Å². The first-order valence-corrected chi connectivity index (χ1v) is 6.07. The van der Waals surface area contributed by atoms with Crippen molar-refractivity contribution in [3.63, 3.8) is 0 Å². The zero-order valence-corrected chi connectivity index (χ0v) is 11.0. The molecule has 0 aliphatic heterocycles. The number of likely N-dealkylation sites (N-methyl/N-ethyl adjacent to an activating group) is 1. The average Bonchev–Trinajstić information content (AvgIpc) is 2.32. The van der Waals surface area contributed by atoms with Gasteiger partial charge >= 0.3 is 0 Å². The lowest BCUT2D eigenvalue weighted by Crippen LogP contribution is -2.33. The molecule has 0 fully saturated rings. The molecule has 5 heteroatoms. The van der Waals surface area contributed by atoms with E-state index in [0.717, 1.165) is 11.4 Å². The number of carbonyl (C=O) groups excluding carboxylic acids is 1. The molecule has 0 saturated carbocycles. The molecule has 0 spiro atoms. The van der Waals surface area contributed by atoms with Crippen molar-refractivity contribution in [1.29, 1.82) is 0 Å². The van der Waals surface area contributed by atoms with Gasteiger partial charge in [0.15, 0.2) is 0 Å². The summed E-state index contributed by atoms with van der Waals surface area (Å²) in [6.45, 7) is 4.16. The molecule has 18 heavy (non-hydrogen) atoms. The molecule has 0 unspecified atom stereocenters. The number of anilines is 1. The first-order valence-electron chi connectivity index (χ1n) is 6.07. The predicted molar refractivity (Wildman–Crippen MR) is 72.8 cm³/mol. The number of carbonyl (C=O) groups is 1. The number of nitrogens with one attached hydrogen (secondary N) is 1. The van der Waals surface area contributed by atoms with Crippen molar-refractivity contribution in [2.24, 2.45) is 5.73 Å². The van der Waals surface area contributed by atoms with Gasteiger partial charge in [0.25, 0.3) is 0 Å². The van der Waals surface area contributed by atoms with E-state index in [9.17, 15) is 4.79 Å². The first-order chi connectivity index (χ1) is 8.65. The molecule has 100 valence electrons. The number of ether oxygens (including phenoxy) is 1. The lowest BCUT2D eigenvalue weighted by atomic mass is 10.3. The van der Waals surface area contributed by atoms with Crippen molar-refractivity contribution in [2.45, 2.75) is 6.92 Å². The van der Waals surface area contributed by atoms with E-state index in [0.29, 0.717) is 26.2 Å². The maximum Gasteiger partial charge on any atom is 0.238 e. The SMILES string of the molecule is CCOc1ccc(NC(=O)CN(C)CCN)cc1. The van der Waals surface area contributed by atoms with Gasteiger partial charge in [-0.3, -0.25) is 9.69 Å². The van der Waals surface area contributed by atoms with Crippen molar-refractivity contribution in [3.05, 3.63) is 24.3 Å². The Kier molecular flexibility index (Phi) is 6.18. The van der Waals surface area contributed by atoms with Gasteiger partial charge in [0.2, 0.25) is 5.91 Å². The quantitative estimate of drug-likeness (QED) is 0.756. The molecule has 1 amide bonds. The van der Waals surface area contributed by atoms with Gasteiger partial charge in [-0.25, -0.2) is 0 Å². The third-order valence-corrected chi connectivity index (χ3v) is 2.37. The minimum Gasteiger partial charge on any atom is -0.494 e. The molecule has 0 radical (unpaired) electrons. The van der Waals surface area contributed by atoms with Crippen LogP contribution in [0, 0.1) is 0 Å². The molecular weight excluding hydrogens is 230 g/mol. The molecule has 1 aromatic rings. The van der Waals surface area contributed by atoms with Crippen LogP contribution in [0.25, 0.3) is 0 Å². The molecule has 0 aliphatic carbocycles. The van der Waals surface area contributed by atoms with E-state index in [1.54, 1.807) is 0 Å². The second kappa shape index (κ2) is 7.68. The number of nitrogens with zero attached hydrogens (tertiary/aromatic N) is 1.